The van der Waals surface area contributed by atoms with E-state index < -0.39 is 0 Å². The Balaban J connectivity index is 2.03. The molecule has 1 amide bonds. The fourth-order valence-electron chi connectivity index (χ4n) is 4.53. The highest BCUT2D eigenvalue weighted by molar-refractivity contribution is 14.1. The number of hydrogen-bond acceptors (Lipinski definition) is 4. The second-order valence-corrected chi connectivity index (χ2v) is 7.76. The van der Waals surface area contributed by atoms with Crippen LogP contribution in [0.1, 0.15) is 48.3 Å². The molecule has 2 aliphatic carbocycles. The molecule has 0 aliphatic heterocycles. The van der Waals surface area contributed by atoms with Crippen LogP contribution >= 0.6 is 22.9 Å². The van der Waals surface area contributed by atoms with Crippen LogP contribution in [0.25, 0.3) is 0 Å². The van der Waals surface area contributed by atoms with Gasteiger partial charge in [-0.25, -0.2) is 0 Å². The van der Waals surface area contributed by atoms with Gasteiger partial charge in [0.15, 0.2) is 0 Å². The molecule has 2 aliphatic rings. The van der Waals surface area contributed by atoms with Gasteiger partial charge in [0.05, 0.1) is 46.5 Å². The topological polar surface area (TPSA) is 91.7 Å². The van der Waals surface area contributed by atoms with E-state index in [-0.39, 0.29) is 29.3 Å². The van der Waals surface area contributed by atoms with E-state index >= 15 is 0 Å². The largest absolute Gasteiger partial charge is 0.381 e. The standard InChI is InChI=1S/C19H23IN4O2/c1-24(18(22)23-20)17(25)16-15-9-12(11-21)3-4-13(15)10-19(16)7-5-14(26-2)6-8-19/h3-4,9,14,16H,5-8,10H2,1-2H3,(H2,22,23). The summed E-state index contributed by atoms with van der Waals surface area (Å²) < 4.78 is 9.45. The Morgan fingerprint density at radius 1 is 1.46 bits per heavy atom. The second-order valence-electron chi connectivity index (χ2n) is 7.27. The zero-order chi connectivity index (χ0) is 18.9. The minimum atomic E-state index is -0.301. The average molecular weight is 466 g/mol. The molecule has 3 rings (SSSR count). The van der Waals surface area contributed by atoms with Crippen molar-refractivity contribution >= 4 is 34.7 Å². The number of carbonyl (C=O) groups excluding carboxylic acids is 1. The lowest BCUT2D eigenvalue weighted by atomic mass is 9.65. The lowest BCUT2D eigenvalue weighted by Crippen LogP contribution is -2.46. The Bertz CT molecular complexity index is 778. The number of rotatable bonds is 2. The summed E-state index contributed by atoms with van der Waals surface area (Å²) in [4.78, 5) is 14.8. The third-order valence-electron chi connectivity index (χ3n) is 6.01. The number of hydrogen-bond donors (Lipinski definition) is 1. The molecule has 1 spiro atoms. The molecule has 0 aromatic heterocycles. The summed E-state index contributed by atoms with van der Waals surface area (Å²) in [5.74, 6) is -0.154. The molecule has 0 radical (unpaired) electrons. The zero-order valence-corrected chi connectivity index (χ0v) is 17.2. The van der Waals surface area contributed by atoms with Crippen LogP contribution < -0.4 is 5.73 Å². The number of likely N-dealkylation sites (N-methyl/N-ethyl adjacent to an activating group) is 1. The normalized spacial score (nSPS) is 27.8. The molecule has 138 valence electrons. The van der Waals surface area contributed by atoms with Gasteiger partial charge in [0.1, 0.15) is 0 Å². The molecule has 1 unspecified atom stereocenters. The molecular weight excluding hydrogens is 443 g/mol. The number of benzene rings is 1. The first-order chi connectivity index (χ1) is 12.5. The molecule has 7 heteroatoms. The van der Waals surface area contributed by atoms with Crippen molar-refractivity contribution < 1.29 is 9.53 Å². The molecule has 1 aromatic rings. The molecule has 6 nitrogen and oxygen atoms in total. The molecule has 0 bridgehead atoms. The van der Waals surface area contributed by atoms with Gasteiger partial charge in [-0.1, -0.05) is 6.07 Å². The smallest absolute Gasteiger partial charge is 0.237 e. The van der Waals surface area contributed by atoms with E-state index in [9.17, 15) is 10.1 Å². The highest BCUT2D eigenvalue weighted by atomic mass is 127. The SMILES string of the molecule is COC1CCC2(CC1)Cc1ccc(C#N)cc1C2C(=O)N(C)/C(N)=N\I. The molecule has 2 N–H and O–H groups in total. The van der Waals surface area contributed by atoms with Crippen molar-refractivity contribution in [3.05, 3.63) is 34.9 Å². The van der Waals surface area contributed by atoms with Gasteiger partial charge in [0.25, 0.3) is 0 Å². The highest BCUT2D eigenvalue weighted by Crippen LogP contribution is 2.56. The third kappa shape index (κ3) is 3.21. The van der Waals surface area contributed by atoms with Crippen LogP contribution in [-0.4, -0.2) is 37.0 Å². The molecule has 26 heavy (non-hydrogen) atoms. The highest BCUT2D eigenvalue weighted by Gasteiger charge is 2.52. The van der Waals surface area contributed by atoms with Crippen molar-refractivity contribution in [1.29, 1.82) is 5.26 Å². The van der Waals surface area contributed by atoms with Crippen molar-refractivity contribution in [1.82, 2.24) is 4.90 Å². The number of nitrogens with two attached hydrogens (primary N) is 1. The Morgan fingerprint density at radius 3 is 2.73 bits per heavy atom. The molecule has 1 atom stereocenters. The minimum absolute atomic E-state index is 0.0485. The van der Waals surface area contributed by atoms with E-state index in [1.165, 1.54) is 4.90 Å². The summed E-state index contributed by atoms with van der Waals surface area (Å²) in [6.07, 6.45) is 4.85. The van der Waals surface area contributed by atoms with Crippen LogP contribution in [0.4, 0.5) is 0 Å². The van der Waals surface area contributed by atoms with Crippen LogP contribution in [0, 0.1) is 16.7 Å². The first kappa shape index (κ1) is 19.1. The van der Waals surface area contributed by atoms with Gasteiger partial charge in [-0.3, -0.25) is 9.69 Å². The van der Waals surface area contributed by atoms with Crippen molar-refractivity contribution in [2.75, 3.05) is 14.2 Å². The lowest BCUT2D eigenvalue weighted by Gasteiger charge is -2.41. The summed E-state index contributed by atoms with van der Waals surface area (Å²) in [5, 5.41) is 9.30. The van der Waals surface area contributed by atoms with E-state index in [0.717, 1.165) is 43.2 Å². The van der Waals surface area contributed by atoms with Crippen LogP contribution in [-0.2, 0) is 16.0 Å². The molecular formula is C19H23IN4O2. The van der Waals surface area contributed by atoms with Gasteiger partial charge in [0.2, 0.25) is 11.9 Å². The maximum Gasteiger partial charge on any atom is 0.237 e. The Morgan fingerprint density at radius 2 is 2.15 bits per heavy atom. The minimum Gasteiger partial charge on any atom is -0.381 e. The van der Waals surface area contributed by atoms with E-state index in [1.807, 2.05) is 18.2 Å². The molecule has 1 saturated carbocycles. The number of nitriles is 1. The fourth-order valence-corrected chi connectivity index (χ4v) is 4.85. The van der Waals surface area contributed by atoms with Gasteiger partial charge < -0.3 is 10.5 Å². The summed E-state index contributed by atoms with van der Waals surface area (Å²) >= 11 is 1.80. The fraction of sp³-hybridized carbons (Fsp3) is 0.526. The van der Waals surface area contributed by atoms with Crippen LogP contribution in [0.3, 0.4) is 0 Å². The quantitative estimate of drug-likeness (QED) is 0.412. The molecule has 0 saturated heterocycles. The first-order valence-corrected chi connectivity index (χ1v) is 9.70. The van der Waals surface area contributed by atoms with E-state index in [1.54, 1.807) is 37.0 Å². The maximum absolute atomic E-state index is 13.4. The monoisotopic (exact) mass is 466 g/mol. The molecule has 0 heterocycles. The van der Waals surface area contributed by atoms with Crippen molar-refractivity contribution in [3.63, 3.8) is 0 Å². The predicted octanol–water partition coefficient (Wildman–Crippen LogP) is 2.90. The number of fused-ring (bicyclic) bond motifs is 1. The van der Waals surface area contributed by atoms with E-state index in [0.29, 0.717) is 5.56 Å². The number of methoxy groups -OCH3 is 1. The van der Waals surface area contributed by atoms with Crippen LogP contribution in [0.15, 0.2) is 21.4 Å². The van der Waals surface area contributed by atoms with Gasteiger partial charge in [0, 0.05) is 14.2 Å². The Hall–Kier alpha value is -1.66. The zero-order valence-electron chi connectivity index (χ0n) is 15.0. The predicted molar refractivity (Wildman–Crippen MR) is 108 cm³/mol. The van der Waals surface area contributed by atoms with Crippen LogP contribution in [0.5, 0.6) is 0 Å². The summed E-state index contributed by atoms with van der Waals surface area (Å²) in [7, 11) is 3.42. The van der Waals surface area contributed by atoms with Crippen LogP contribution in [0.2, 0.25) is 0 Å². The van der Waals surface area contributed by atoms with Crippen molar-refractivity contribution in [2.24, 2.45) is 14.4 Å². The first-order valence-electron chi connectivity index (χ1n) is 8.73. The second kappa shape index (κ2) is 7.53. The van der Waals surface area contributed by atoms with Gasteiger partial charge >= 0.3 is 0 Å². The summed E-state index contributed by atoms with van der Waals surface area (Å²) in [6, 6.07) is 7.91. The van der Waals surface area contributed by atoms with E-state index in [2.05, 4.69) is 9.28 Å². The van der Waals surface area contributed by atoms with Gasteiger partial charge in [-0.2, -0.15) is 8.47 Å². The van der Waals surface area contributed by atoms with Crippen molar-refractivity contribution in [3.8, 4) is 6.07 Å². The average Bonchev–Trinajstić information content (AvgIpc) is 2.99. The number of amides is 1. The molecule has 1 fully saturated rings. The number of carbonyl (C=O) groups is 1. The molecule has 1 aromatic carbocycles. The summed E-state index contributed by atoms with van der Waals surface area (Å²) in [5.41, 5.74) is 8.48. The van der Waals surface area contributed by atoms with Gasteiger partial charge in [-0.05, 0) is 60.8 Å². The number of ether oxygens (including phenoxy) is 1. The van der Waals surface area contributed by atoms with Crippen molar-refractivity contribution in [2.45, 2.75) is 44.1 Å². The maximum atomic E-state index is 13.4. The Kier molecular flexibility index (Phi) is 5.53. The number of guanidine groups is 1. The number of halogens is 1. The Labute approximate surface area is 167 Å². The van der Waals surface area contributed by atoms with E-state index in [4.69, 9.17) is 10.5 Å². The summed E-state index contributed by atoms with van der Waals surface area (Å²) in [6.45, 7) is 0. The third-order valence-corrected chi connectivity index (χ3v) is 6.50. The lowest BCUT2D eigenvalue weighted by molar-refractivity contribution is -0.132. The number of nitrogens with zero attached hydrogens (tertiary/aromatic N) is 3. The van der Waals surface area contributed by atoms with Gasteiger partial charge in [-0.15, -0.1) is 0 Å².